The molecular weight excluding hydrogens is 436 g/mol. The standard InChI is InChI=1S/C26H34N2O4S/c1-4-28(5-2)25(29)20-9-7-19(8-10-20)23-18-26(13-6-15-27-16-14-26)32-24-12-11-21(17-22(23)24)33(3,30)31/h7-12,17,23,27H,4-6,13-16,18H2,1-3H3. The molecule has 4 rings (SSSR count). The highest BCUT2D eigenvalue weighted by Crippen LogP contribution is 2.48. The molecule has 0 aliphatic carbocycles. The van der Waals surface area contributed by atoms with Crippen LogP contribution in [0.2, 0.25) is 0 Å². The Hall–Kier alpha value is -2.38. The van der Waals surface area contributed by atoms with Crippen LogP contribution in [0.5, 0.6) is 5.75 Å². The molecule has 0 radical (unpaired) electrons. The van der Waals surface area contributed by atoms with Crippen molar-refractivity contribution in [1.29, 1.82) is 0 Å². The summed E-state index contributed by atoms with van der Waals surface area (Å²) in [5, 5.41) is 3.47. The van der Waals surface area contributed by atoms with E-state index in [-0.39, 0.29) is 17.4 Å². The van der Waals surface area contributed by atoms with Gasteiger partial charge in [-0.1, -0.05) is 12.1 Å². The van der Waals surface area contributed by atoms with Crippen LogP contribution in [-0.2, 0) is 9.84 Å². The molecule has 6 nitrogen and oxygen atoms in total. The van der Waals surface area contributed by atoms with Gasteiger partial charge in [0.2, 0.25) is 0 Å². The second kappa shape index (κ2) is 9.47. The van der Waals surface area contributed by atoms with Crippen LogP contribution in [0, 0.1) is 0 Å². The zero-order valence-corrected chi connectivity index (χ0v) is 20.6. The van der Waals surface area contributed by atoms with Gasteiger partial charge in [-0.3, -0.25) is 4.79 Å². The van der Waals surface area contributed by atoms with Gasteiger partial charge in [0.05, 0.1) is 4.90 Å². The third-order valence-corrected chi connectivity index (χ3v) is 8.15. The van der Waals surface area contributed by atoms with Gasteiger partial charge in [-0.2, -0.15) is 0 Å². The summed E-state index contributed by atoms with van der Waals surface area (Å²) in [6.45, 7) is 7.20. The number of rotatable bonds is 5. The Kier molecular flexibility index (Phi) is 6.82. The maximum atomic E-state index is 12.8. The molecule has 1 fully saturated rings. The summed E-state index contributed by atoms with van der Waals surface area (Å²) in [6.07, 6.45) is 4.94. The number of hydrogen-bond acceptors (Lipinski definition) is 5. The first-order chi connectivity index (χ1) is 15.8. The van der Waals surface area contributed by atoms with Gasteiger partial charge in [0, 0.05) is 36.4 Å². The van der Waals surface area contributed by atoms with Crippen LogP contribution in [0.1, 0.15) is 66.9 Å². The van der Waals surface area contributed by atoms with E-state index >= 15 is 0 Å². The summed E-state index contributed by atoms with van der Waals surface area (Å²) in [6, 6.07) is 13.1. The van der Waals surface area contributed by atoms with E-state index in [0.29, 0.717) is 23.5 Å². The second-order valence-corrected chi connectivity index (χ2v) is 11.2. The monoisotopic (exact) mass is 470 g/mol. The van der Waals surface area contributed by atoms with Gasteiger partial charge in [-0.25, -0.2) is 8.42 Å². The van der Waals surface area contributed by atoms with Crippen molar-refractivity contribution in [2.24, 2.45) is 0 Å². The maximum Gasteiger partial charge on any atom is 0.253 e. The highest BCUT2D eigenvalue weighted by Gasteiger charge is 2.42. The predicted octanol–water partition coefficient (Wildman–Crippen LogP) is 4.00. The second-order valence-electron chi connectivity index (χ2n) is 9.22. The minimum atomic E-state index is -3.33. The van der Waals surface area contributed by atoms with Crippen LogP contribution in [0.25, 0.3) is 0 Å². The largest absolute Gasteiger partial charge is 0.487 e. The Morgan fingerprint density at radius 3 is 2.48 bits per heavy atom. The Bertz CT molecular complexity index is 1100. The van der Waals surface area contributed by atoms with E-state index in [2.05, 4.69) is 5.32 Å². The molecule has 2 heterocycles. The van der Waals surface area contributed by atoms with Gasteiger partial charge in [0.25, 0.3) is 5.91 Å². The van der Waals surface area contributed by atoms with Crippen molar-refractivity contribution in [2.45, 2.75) is 55.9 Å². The Labute approximate surface area is 197 Å². The smallest absolute Gasteiger partial charge is 0.253 e. The lowest BCUT2D eigenvalue weighted by atomic mass is 9.75. The van der Waals surface area contributed by atoms with E-state index in [0.717, 1.165) is 55.6 Å². The summed E-state index contributed by atoms with van der Waals surface area (Å²) >= 11 is 0. The molecule has 1 saturated heterocycles. The zero-order chi connectivity index (χ0) is 23.6. The van der Waals surface area contributed by atoms with Gasteiger partial charge < -0.3 is 15.0 Å². The van der Waals surface area contributed by atoms with Crippen molar-refractivity contribution in [2.75, 3.05) is 32.4 Å². The molecule has 2 atom stereocenters. The summed E-state index contributed by atoms with van der Waals surface area (Å²) in [4.78, 5) is 14.9. The SMILES string of the molecule is CCN(CC)C(=O)c1ccc(C2CC3(CCCNCC3)Oc3ccc(S(C)(=O)=O)cc32)cc1. The lowest BCUT2D eigenvalue weighted by Crippen LogP contribution is -2.42. The van der Waals surface area contributed by atoms with E-state index in [1.165, 1.54) is 6.26 Å². The zero-order valence-electron chi connectivity index (χ0n) is 19.8. The summed E-state index contributed by atoms with van der Waals surface area (Å²) < 4.78 is 31.1. The van der Waals surface area contributed by atoms with Crippen LogP contribution in [0.4, 0.5) is 0 Å². The summed E-state index contributed by atoms with van der Waals surface area (Å²) in [5.41, 5.74) is 2.39. The van der Waals surface area contributed by atoms with Crippen molar-refractivity contribution < 1.29 is 17.9 Å². The minimum absolute atomic E-state index is 0.00570. The molecule has 1 amide bonds. The normalized spacial score (nSPS) is 22.8. The molecule has 7 heteroatoms. The molecule has 1 spiro atoms. The van der Waals surface area contributed by atoms with E-state index in [4.69, 9.17) is 4.74 Å². The van der Waals surface area contributed by atoms with Crippen molar-refractivity contribution in [3.63, 3.8) is 0 Å². The Morgan fingerprint density at radius 1 is 1.09 bits per heavy atom. The number of ether oxygens (including phenoxy) is 1. The Morgan fingerprint density at radius 2 is 1.82 bits per heavy atom. The number of carbonyl (C=O) groups excluding carboxylic acids is 1. The van der Waals surface area contributed by atoms with Gasteiger partial charge in [-0.05, 0) is 88.5 Å². The van der Waals surface area contributed by atoms with Gasteiger partial charge in [-0.15, -0.1) is 0 Å². The topological polar surface area (TPSA) is 75.7 Å². The fourth-order valence-electron chi connectivity index (χ4n) is 5.14. The molecule has 2 aromatic rings. The number of carbonyl (C=O) groups is 1. The number of amides is 1. The first-order valence-corrected chi connectivity index (χ1v) is 13.8. The number of benzene rings is 2. The van der Waals surface area contributed by atoms with Gasteiger partial charge >= 0.3 is 0 Å². The van der Waals surface area contributed by atoms with Crippen molar-refractivity contribution in [3.8, 4) is 5.75 Å². The minimum Gasteiger partial charge on any atom is -0.487 e. The molecular formula is C26H34N2O4S. The molecule has 2 aromatic carbocycles. The third-order valence-electron chi connectivity index (χ3n) is 7.04. The quantitative estimate of drug-likeness (QED) is 0.715. The lowest BCUT2D eigenvalue weighted by molar-refractivity contribution is 0.0280. The fraction of sp³-hybridized carbons (Fsp3) is 0.500. The average molecular weight is 471 g/mol. The number of sulfone groups is 1. The molecule has 0 aromatic heterocycles. The molecule has 0 saturated carbocycles. The van der Waals surface area contributed by atoms with E-state index < -0.39 is 9.84 Å². The highest BCUT2D eigenvalue weighted by molar-refractivity contribution is 7.90. The lowest BCUT2D eigenvalue weighted by Gasteiger charge is -2.42. The van der Waals surface area contributed by atoms with Crippen LogP contribution < -0.4 is 10.1 Å². The molecule has 33 heavy (non-hydrogen) atoms. The van der Waals surface area contributed by atoms with Crippen molar-refractivity contribution >= 4 is 15.7 Å². The van der Waals surface area contributed by atoms with Crippen LogP contribution in [0.15, 0.2) is 47.4 Å². The number of hydrogen-bond donors (Lipinski definition) is 1. The van der Waals surface area contributed by atoms with E-state index in [1.54, 1.807) is 12.1 Å². The van der Waals surface area contributed by atoms with E-state index in [1.807, 2.05) is 49.1 Å². The fourth-order valence-corrected chi connectivity index (χ4v) is 5.79. The molecule has 2 unspecified atom stereocenters. The summed E-state index contributed by atoms with van der Waals surface area (Å²) in [5.74, 6) is 0.805. The highest BCUT2D eigenvalue weighted by atomic mass is 32.2. The molecule has 2 aliphatic rings. The predicted molar refractivity (Wildman–Crippen MR) is 130 cm³/mol. The molecule has 178 valence electrons. The van der Waals surface area contributed by atoms with E-state index in [9.17, 15) is 13.2 Å². The molecule has 2 aliphatic heterocycles. The van der Waals surface area contributed by atoms with Gasteiger partial charge in [0.15, 0.2) is 9.84 Å². The van der Waals surface area contributed by atoms with Gasteiger partial charge in [0.1, 0.15) is 11.4 Å². The van der Waals surface area contributed by atoms with Crippen LogP contribution in [0.3, 0.4) is 0 Å². The Balaban J connectivity index is 1.74. The third kappa shape index (κ3) is 4.94. The van der Waals surface area contributed by atoms with Crippen molar-refractivity contribution in [3.05, 3.63) is 59.2 Å². The first-order valence-electron chi connectivity index (χ1n) is 11.9. The average Bonchev–Trinajstić information content (AvgIpc) is 3.03. The van der Waals surface area contributed by atoms with Crippen LogP contribution in [-0.4, -0.2) is 57.3 Å². The van der Waals surface area contributed by atoms with Crippen molar-refractivity contribution in [1.82, 2.24) is 10.2 Å². The maximum absolute atomic E-state index is 12.8. The summed E-state index contributed by atoms with van der Waals surface area (Å²) in [7, 11) is -3.33. The van der Waals surface area contributed by atoms with Crippen LogP contribution >= 0.6 is 0 Å². The first kappa shape index (κ1) is 23.8. The number of nitrogens with one attached hydrogen (secondary N) is 1. The molecule has 0 bridgehead atoms. The number of nitrogens with zero attached hydrogens (tertiary/aromatic N) is 1. The number of fused-ring (bicyclic) bond motifs is 1. The molecule has 1 N–H and O–H groups in total.